The third-order valence-corrected chi connectivity index (χ3v) is 5.21. The van der Waals surface area contributed by atoms with Gasteiger partial charge in [-0.15, -0.1) is 5.10 Å². The summed E-state index contributed by atoms with van der Waals surface area (Å²) >= 11 is 0. The molecule has 1 N–H and O–H groups in total. The first kappa shape index (κ1) is 18.8. The summed E-state index contributed by atoms with van der Waals surface area (Å²) in [5, 5.41) is 20.2. The lowest BCUT2D eigenvalue weighted by Gasteiger charge is -2.17. The molecule has 1 amide bonds. The van der Waals surface area contributed by atoms with Gasteiger partial charge in [0.2, 0.25) is 0 Å². The van der Waals surface area contributed by atoms with Gasteiger partial charge in [0.25, 0.3) is 5.91 Å². The van der Waals surface area contributed by atoms with Crippen molar-refractivity contribution in [1.29, 1.82) is 0 Å². The van der Waals surface area contributed by atoms with Crippen LogP contribution in [0.5, 0.6) is 0 Å². The molecule has 1 aliphatic heterocycles. The van der Waals surface area contributed by atoms with Gasteiger partial charge in [-0.05, 0) is 64.6 Å². The minimum atomic E-state index is -0.918. The molecule has 0 aliphatic carbocycles. The molecule has 1 aliphatic rings. The number of benzene rings is 2. The first-order valence-electron chi connectivity index (χ1n) is 9.50. The lowest BCUT2D eigenvalue weighted by Crippen LogP contribution is -2.29. The van der Waals surface area contributed by atoms with Crippen LogP contribution in [-0.4, -0.2) is 55.2 Å². The number of hydrogen-bond donors (Lipinski definition) is 1. The van der Waals surface area contributed by atoms with Crippen molar-refractivity contribution in [3.63, 3.8) is 0 Å². The van der Waals surface area contributed by atoms with E-state index in [4.69, 9.17) is 5.11 Å². The minimum absolute atomic E-state index is 0.0285. The standard InChI is InChI=1S/C21H21N5O3/c27-20(18-6-4-15(5-7-18)13-26-14-22-23-24-26)25-9-8-17(12-25)10-16-2-1-3-19(11-16)21(28)29/h1-7,11,14,17H,8-10,12-13H2,(H,28,29)/t17-/m0/s1. The van der Waals surface area contributed by atoms with E-state index in [1.54, 1.807) is 29.2 Å². The third kappa shape index (κ3) is 4.48. The highest BCUT2D eigenvalue weighted by atomic mass is 16.4. The van der Waals surface area contributed by atoms with Crippen LogP contribution in [0.15, 0.2) is 54.9 Å². The second kappa shape index (κ2) is 8.22. The molecular formula is C21H21N5O3. The van der Waals surface area contributed by atoms with Gasteiger partial charge in [-0.2, -0.15) is 0 Å². The van der Waals surface area contributed by atoms with Crippen LogP contribution in [0.2, 0.25) is 0 Å². The maximum absolute atomic E-state index is 12.8. The van der Waals surface area contributed by atoms with E-state index in [0.717, 1.165) is 24.0 Å². The SMILES string of the molecule is O=C(O)c1cccc(C[C@@H]2CCN(C(=O)c3ccc(Cn4cnnn4)cc3)C2)c1. The van der Waals surface area contributed by atoms with Crippen molar-refractivity contribution in [2.24, 2.45) is 5.92 Å². The fourth-order valence-corrected chi connectivity index (χ4v) is 3.72. The Kier molecular flexibility index (Phi) is 5.33. The zero-order valence-electron chi connectivity index (χ0n) is 15.8. The largest absolute Gasteiger partial charge is 0.478 e. The Morgan fingerprint density at radius 2 is 1.90 bits per heavy atom. The summed E-state index contributed by atoms with van der Waals surface area (Å²) in [6, 6.07) is 14.5. The lowest BCUT2D eigenvalue weighted by atomic mass is 9.97. The van der Waals surface area contributed by atoms with E-state index in [0.29, 0.717) is 36.7 Å². The number of carbonyl (C=O) groups excluding carboxylic acids is 1. The number of nitrogens with zero attached hydrogens (tertiary/aromatic N) is 5. The highest BCUT2D eigenvalue weighted by molar-refractivity contribution is 5.94. The average molecular weight is 391 g/mol. The molecule has 1 fully saturated rings. The van der Waals surface area contributed by atoms with Gasteiger partial charge in [0.1, 0.15) is 6.33 Å². The predicted molar refractivity (Wildman–Crippen MR) is 104 cm³/mol. The fourth-order valence-electron chi connectivity index (χ4n) is 3.72. The Morgan fingerprint density at radius 1 is 1.07 bits per heavy atom. The predicted octanol–water partition coefficient (Wildman–Crippen LogP) is 2.12. The maximum atomic E-state index is 12.8. The molecule has 8 heteroatoms. The van der Waals surface area contributed by atoms with Gasteiger partial charge in [-0.25, -0.2) is 9.48 Å². The molecule has 0 spiro atoms. The molecule has 0 saturated carbocycles. The molecule has 0 unspecified atom stereocenters. The molecule has 1 aromatic heterocycles. The summed E-state index contributed by atoms with van der Waals surface area (Å²) in [6.07, 6.45) is 3.24. The zero-order chi connectivity index (χ0) is 20.2. The van der Waals surface area contributed by atoms with Gasteiger partial charge >= 0.3 is 5.97 Å². The Bertz CT molecular complexity index is 1000. The average Bonchev–Trinajstić information content (AvgIpc) is 3.40. The number of amides is 1. The van der Waals surface area contributed by atoms with E-state index in [9.17, 15) is 9.59 Å². The Hall–Kier alpha value is -3.55. The van der Waals surface area contributed by atoms with Gasteiger partial charge in [-0.3, -0.25) is 4.79 Å². The van der Waals surface area contributed by atoms with Crippen molar-refractivity contribution < 1.29 is 14.7 Å². The van der Waals surface area contributed by atoms with Gasteiger partial charge in [0, 0.05) is 18.7 Å². The van der Waals surface area contributed by atoms with E-state index in [2.05, 4.69) is 15.5 Å². The van der Waals surface area contributed by atoms with Crippen molar-refractivity contribution in [2.75, 3.05) is 13.1 Å². The molecular weight excluding hydrogens is 370 g/mol. The number of rotatable bonds is 6. The number of carbonyl (C=O) groups is 2. The van der Waals surface area contributed by atoms with Crippen molar-refractivity contribution in [2.45, 2.75) is 19.4 Å². The van der Waals surface area contributed by atoms with Crippen LogP contribution in [0.4, 0.5) is 0 Å². The summed E-state index contributed by atoms with van der Waals surface area (Å²) in [5.41, 5.74) is 2.98. The van der Waals surface area contributed by atoms with Gasteiger partial charge < -0.3 is 10.0 Å². The third-order valence-electron chi connectivity index (χ3n) is 5.21. The second-order valence-corrected chi connectivity index (χ2v) is 7.32. The van der Waals surface area contributed by atoms with Crippen LogP contribution in [0, 0.1) is 5.92 Å². The first-order valence-corrected chi connectivity index (χ1v) is 9.50. The minimum Gasteiger partial charge on any atom is -0.478 e. The van der Waals surface area contributed by atoms with E-state index in [1.165, 1.54) is 0 Å². The van der Waals surface area contributed by atoms with E-state index < -0.39 is 5.97 Å². The number of aromatic carboxylic acids is 1. The lowest BCUT2D eigenvalue weighted by molar-refractivity contribution is 0.0696. The fraction of sp³-hybridized carbons (Fsp3) is 0.286. The number of carboxylic acids is 1. The molecule has 4 rings (SSSR count). The monoisotopic (exact) mass is 391 g/mol. The van der Waals surface area contributed by atoms with Gasteiger partial charge in [0.05, 0.1) is 12.1 Å². The molecule has 8 nitrogen and oxygen atoms in total. The molecule has 0 radical (unpaired) electrons. The molecule has 148 valence electrons. The smallest absolute Gasteiger partial charge is 0.335 e. The number of aromatic nitrogens is 4. The van der Waals surface area contributed by atoms with E-state index in [1.807, 2.05) is 35.2 Å². The Balaban J connectivity index is 1.35. The van der Waals surface area contributed by atoms with Gasteiger partial charge in [-0.1, -0.05) is 24.3 Å². The quantitative estimate of drug-likeness (QED) is 0.691. The first-order chi connectivity index (χ1) is 14.1. The Morgan fingerprint density at radius 3 is 2.62 bits per heavy atom. The van der Waals surface area contributed by atoms with Crippen LogP contribution in [0.1, 0.15) is 38.3 Å². The van der Waals surface area contributed by atoms with Crippen LogP contribution in [0.3, 0.4) is 0 Å². The van der Waals surface area contributed by atoms with E-state index in [-0.39, 0.29) is 5.91 Å². The molecule has 1 saturated heterocycles. The summed E-state index contributed by atoms with van der Waals surface area (Å²) in [6.45, 7) is 1.96. The van der Waals surface area contributed by atoms with Crippen molar-refractivity contribution in [3.05, 3.63) is 77.1 Å². The molecule has 3 aromatic rings. The molecule has 2 heterocycles. The van der Waals surface area contributed by atoms with Crippen molar-refractivity contribution in [3.8, 4) is 0 Å². The number of likely N-dealkylation sites (tertiary alicyclic amines) is 1. The number of tetrazole rings is 1. The summed E-state index contributed by atoms with van der Waals surface area (Å²) in [5.74, 6) is -0.554. The highest BCUT2D eigenvalue weighted by Crippen LogP contribution is 2.23. The highest BCUT2D eigenvalue weighted by Gasteiger charge is 2.27. The molecule has 0 bridgehead atoms. The van der Waals surface area contributed by atoms with Crippen molar-refractivity contribution >= 4 is 11.9 Å². The van der Waals surface area contributed by atoms with Crippen LogP contribution >= 0.6 is 0 Å². The maximum Gasteiger partial charge on any atom is 0.335 e. The second-order valence-electron chi connectivity index (χ2n) is 7.32. The van der Waals surface area contributed by atoms with Crippen LogP contribution in [-0.2, 0) is 13.0 Å². The number of hydrogen-bond acceptors (Lipinski definition) is 5. The normalized spacial score (nSPS) is 16.1. The topological polar surface area (TPSA) is 101 Å². The van der Waals surface area contributed by atoms with Crippen LogP contribution in [0.25, 0.3) is 0 Å². The van der Waals surface area contributed by atoms with Gasteiger partial charge in [0.15, 0.2) is 0 Å². The summed E-state index contributed by atoms with van der Waals surface area (Å²) < 4.78 is 1.63. The number of carboxylic acid groups (broad SMARTS) is 1. The Labute approximate surface area is 167 Å². The van der Waals surface area contributed by atoms with Crippen LogP contribution < -0.4 is 0 Å². The summed E-state index contributed by atoms with van der Waals surface area (Å²) in [7, 11) is 0. The molecule has 2 aromatic carbocycles. The molecule has 1 atom stereocenters. The zero-order valence-corrected chi connectivity index (χ0v) is 15.8. The summed E-state index contributed by atoms with van der Waals surface area (Å²) in [4.78, 5) is 25.8. The van der Waals surface area contributed by atoms with E-state index >= 15 is 0 Å². The van der Waals surface area contributed by atoms with Crippen molar-refractivity contribution in [1.82, 2.24) is 25.1 Å². The molecule has 29 heavy (non-hydrogen) atoms.